The predicted molar refractivity (Wildman–Crippen MR) is 125 cm³/mol. The summed E-state index contributed by atoms with van der Waals surface area (Å²) in [5.41, 5.74) is 2.04. The van der Waals surface area contributed by atoms with Gasteiger partial charge >= 0.3 is 0 Å². The Morgan fingerprint density at radius 1 is 1.12 bits per heavy atom. The number of nitrogens with one attached hydrogen (secondary N) is 1. The summed E-state index contributed by atoms with van der Waals surface area (Å²) in [5, 5.41) is 2.87. The van der Waals surface area contributed by atoms with Crippen LogP contribution in [0.1, 0.15) is 16.1 Å². The van der Waals surface area contributed by atoms with Crippen molar-refractivity contribution in [2.24, 2.45) is 0 Å². The van der Waals surface area contributed by atoms with Crippen molar-refractivity contribution < 1.29 is 14.3 Å². The number of benzene rings is 2. The highest BCUT2D eigenvalue weighted by Crippen LogP contribution is 2.30. The van der Waals surface area contributed by atoms with E-state index in [2.05, 4.69) is 21.9 Å². The van der Waals surface area contributed by atoms with Crippen LogP contribution in [-0.2, 0) is 16.0 Å². The topological polar surface area (TPSA) is 84.4 Å². The second-order valence-electron chi connectivity index (χ2n) is 7.86. The highest BCUT2D eigenvalue weighted by atomic mass is 16.5. The summed E-state index contributed by atoms with van der Waals surface area (Å²) in [6, 6.07) is 18.0. The molecule has 1 aliphatic rings. The molecule has 7 nitrogen and oxygen atoms in total. The van der Waals surface area contributed by atoms with E-state index >= 15 is 0 Å². The quantitative estimate of drug-likeness (QED) is 0.569. The molecular formula is C26H26N4O3. The maximum atomic E-state index is 13.4. The van der Waals surface area contributed by atoms with Gasteiger partial charge in [-0.15, -0.1) is 6.58 Å². The molecule has 0 spiro atoms. The minimum Gasteiger partial charge on any atom is -0.361 e. The van der Waals surface area contributed by atoms with Gasteiger partial charge in [0.15, 0.2) is 5.60 Å². The third-order valence-corrected chi connectivity index (χ3v) is 5.65. The highest BCUT2D eigenvalue weighted by molar-refractivity contribution is 5.93. The molecule has 0 radical (unpaired) electrons. The Bertz CT molecular complexity index is 1120. The molecule has 1 N–H and O–H groups in total. The van der Waals surface area contributed by atoms with Gasteiger partial charge in [-0.05, 0) is 16.7 Å². The zero-order valence-corrected chi connectivity index (χ0v) is 18.3. The second kappa shape index (κ2) is 10.2. The molecule has 1 aliphatic heterocycles. The zero-order chi connectivity index (χ0) is 23.1. The molecule has 0 aliphatic carbocycles. The van der Waals surface area contributed by atoms with Crippen LogP contribution in [0.2, 0.25) is 0 Å². The average molecular weight is 443 g/mol. The molecule has 0 bridgehead atoms. The first-order valence-electron chi connectivity index (χ1n) is 10.8. The molecule has 1 atom stereocenters. The van der Waals surface area contributed by atoms with Crippen molar-refractivity contribution in [1.29, 1.82) is 0 Å². The van der Waals surface area contributed by atoms with Gasteiger partial charge in [0.25, 0.3) is 11.8 Å². The minimum absolute atomic E-state index is 0.106. The van der Waals surface area contributed by atoms with Crippen molar-refractivity contribution in [1.82, 2.24) is 20.2 Å². The number of hydrogen-bond acceptors (Lipinski definition) is 5. The normalized spacial score (nSPS) is 17.9. The Kier molecular flexibility index (Phi) is 6.90. The number of amides is 2. The van der Waals surface area contributed by atoms with Crippen LogP contribution in [0.5, 0.6) is 0 Å². The van der Waals surface area contributed by atoms with E-state index in [1.54, 1.807) is 11.0 Å². The van der Waals surface area contributed by atoms with E-state index in [4.69, 9.17) is 4.74 Å². The molecule has 4 rings (SSSR count). The lowest BCUT2D eigenvalue weighted by atomic mass is 9.87. The molecule has 1 aromatic heterocycles. The van der Waals surface area contributed by atoms with Gasteiger partial charge in [-0.25, -0.2) is 4.98 Å². The molecule has 1 saturated heterocycles. The van der Waals surface area contributed by atoms with Gasteiger partial charge < -0.3 is 15.0 Å². The molecule has 7 heteroatoms. The largest absolute Gasteiger partial charge is 0.361 e. The van der Waals surface area contributed by atoms with Crippen LogP contribution < -0.4 is 5.32 Å². The monoisotopic (exact) mass is 442 g/mol. The summed E-state index contributed by atoms with van der Waals surface area (Å²) in [6.07, 6.45) is 6.36. The first-order chi connectivity index (χ1) is 16.1. The van der Waals surface area contributed by atoms with Crippen molar-refractivity contribution in [3.63, 3.8) is 0 Å². The van der Waals surface area contributed by atoms with Gasteiger partial charge in [-0.3, -0.25) is 14.6 Å². The van der Waals surface area contributed by atoms with Gasteiger partial charge in [0.05, 0.1) is 19.3 Å². The number of nitrogens with zero attached hydrogens (tertiary/aromatic N) is 3. The number of carbonyl (C=O) groups is 2. The van der Waals surface area contributed by atoms with Crippen molar-refractivity contribution in [2.45, 2.75) is 12.0 Å². The molecule has 2 aromatic carbocycles. The smallest absolute Gasteiger partial charge is 0.274 e. The summed E-state index contributed by atoms with van der Waals surface area (Å²) in [4.78, 5) is 36.2. The number of hydrogen-bond donors (Lipinski definition) is 1. The fraction of sp³-hybridized carbons (Fsp3) is 0.231. The SMILES string of the molecule is C=CCNC(=O)[C@@]1(Cc2ccccc2-c2ccccc2)CN(C(=O)c2cnccn2)CCO1. The maximum absolute atomic E-state index is 13.4. The Labute approximate surface area is 193 Å². The number of morpholine rings is 1. The lowest BCUT2D eigenvalue weighted by Crippen LogP contribution is -2.62. The van der Waals surface area contributed by atoms with Gasteiger partial charge in [0, 0.05) is 31.9 Å². The third-order valence-electron chi connectivity index (χ3n) is 5.65. The molecule has 2 amide bonds. The number of aromatic nitrogens is 2. The first-order valence-corrected chi connectivity index (χ1v) is 10.8. The standard InChI is InChI=1S/C26H26N4O3/c1-2-12-29-25(32)26(17-21-10-6-7-11-22(21)20-8-4-3-5-9-20)19-30(15-16-33-26)24(31)23-18-27-13-14-28-23/h2-11,13-14,18H,1,12,15-17,19H2,(H,29,32)/t26-/m1/s1. The molecule has 3 aromatic rings. The van der Waals surface area contributed by atoms with E-state index in [-0.39, 0.29) is 30.7 Å². The molecule has 0 unspecified atom stereocenters. The lowest BCUT2D eigenvalue weighted by molar-refractivity contribution is -0.157. The van der Waals surface area contributed by atoms with E-state index in [9.17, 15) is 9.59 Å². The van der Waals surface area contributed by atoms with Crippen molar-refractivity contribution in [2.75, 3.05) is 26.2 Å². The van der Waals surface area contributed by atoms with E-state index in [0.717, 1.165) is 16.7 Å². The van der Waals surface area contributed by atoms with Crippen LogP contribution in [0.15, 0.2) is 85.8 Å². The molecule has 33 heavy (non-hydrogen) atoms. The van der Waals surface area contributed by atoms with Crippen LogP contribution in [0, 0.1) is 0 Å². The third kappa shape index (κ3) is 4.99. The number of carbonyl (C=O) groups excluding carboxylic acids is 2. The second-order valence-corrected chi connectivity index (χ2v) is 7.86. The van der Waals surface area contributed by atoms with E-state index in [0.29, 0.717) is 19.5 Å². The fourth-order valence-corrected chi connectivity index (χ4v) is 4.06. The highest BCUT2D eigenvalue weighted by Gasteiger charge is 2.45. The van der Waals surface area contributed by atoms with E-state index in [1.807, 2.05) is 54.6 Å². The predicted octanol–water partition coefficient (Wildman–Crippen LogP) is 2.90. The average Bonchev–Trinajstić information content (AvgIpc) is 2.88. The van der Waals surface area contributed by atoms with Gasteiger partial charge in [-0.2, -0.15) is 0 Å². The summed E-state index contributed by atoms with van der Waals surface area (Å²) in [6.45, 7) is 4.70. The van der Waals surface area contributed by atoms with Gasteiger partial charge in [0.1, 0.15) is 5.69 Å². The first kappa shape index (κ1) is 22.4. The Balaban J connectivity index is 1.68. The number of ether oxygens (including phenoxy) is 1. The summed E-state index contributed by atoms with van der Waals surface area (Å²) in [7, 11) is 0. The van der Waals surface area contributed by atoms with Crippen molar-refractivity contribution >= 4 is 11.8 Å². The van der Waals surface area contributed by atoms with Crippen LogP contribution in [0.25, 0.3) is 11.1 Å². The Hall–Kier alpha value is -3.84. The lowest BCUT2D eigenvalue weighted by Gasteiger charge is -2.41. The molecule has 1 fully saturated rings. The summed E-state index contributed by atoms with van der Waals surface area (Å²) in [5.74, 6) is -0.550. The summed E-state index contributed by atoms with van der Waals surface area (Å²) < 4.78 is 6.16. The van der Waals surface area contributed by atoms with Crippen molar-refractivity contribution in [3.8, 4) is 11.1 Å². The molecular weight excluding hydrogens is 416 g/mol. The van der Waals surface area contributed by atoms with Crippen molar-refractivity contribution in [3.05, 3.63) is 97.1 Å². The van der Waals surface area contributed by atoms with E-state index in [1.165, 1.54) is 18.6 Å². The summed E-state index contributed by atoms with van der Waals surface area (Å²) >= 11 is 0. The molecule has 168 valence electrons. The number of rotatable bonds is 7. The van der Waals surface area contributed by atoms with Crippen LogP contribution >= 0.6 is 0 Å². The minimum atomic E-state index is -1.25. The Morgan fingerprint density at radius 2 is 1.91 bits per heavy atom. The fourth-order valence-electron chi connectivity index (χ4n) is 4.06. The van der Waals surface area contributed by atoms with Gasteiger partial charge in [0.2, 0.25) is 0 Å². The van der Waals surface area contributed by atoms with Crippen LogP contribution in [-0.4, -0.2) is 58.5 Å². The molecule has 2 heterocycles. The van der Waals surface area contributed by atoms with Crippen LogP contribution in [0.3, 0.4) is 0 Å². The molecule has 0 saturated carbocycles. The van der Waals surface area contributed by atoms with E-state index < -0.39 is 5.60 Å². The zero-order valence-electron chi connectivity index (χ0n) is 18.3. The van der Waals surface area contributed by atoms with Gasteiger partial charge in [-0.1, -0.05) is 60.7 Å². The Morgan fingerprint density at radius 3 is 2.67 bits per heavy atom. The van der Waals surface area contributed by atoms with Crippen LogP contribution in [0.4, 0.5) is 0 Å². The maximum Gasteiger partial charge on any atom is 0.274 e.